The van der Waals surface area contributed by atoms with Crippen LogP contribution in [0, 0.1) is 0 Å². The van der Waals surface area contributed by atoms with Crippen LogP contribution in [0.15, 0.2) is 61.0 Å². The minimum absolute atomic E-state index is 0.152. The van der Waals surface area contributed by atoms with Crippen LogP contribution in [0.4, 0.5) is 11.4 Å². The monoisotopic (exact) mass is 835 g/mol. The lowest BCUT2D eigenvalue weighted by Crippen LogP contribution is -2.48. The maximum atomic E-state index is 12.5. The second-order valence-corrected chi connectivity index (χ2v) is 18.7. The van der Waals surface area contributed by atoms with Crippen LogP contribution < -0.4 is 9.80 Å². The molecule has 2 saturated carbocycles. The normalized spacial score (nSPS) is 22.6. The molecule has 4 aliphatic heterocycles. The van der Waals surface area contributed by atoms with E-state index in [0.717, 1.165) is 91.8 Å². The van der Waals surface area contributed by atoms with Gasteiger partial charge in [-0.2, -0.15) is 0 Å². The molecule has 4 heterocycles. The number of carbonyl (C=O) groups excluding carboxylic acids is 3. The third-order valence-corrected chi connectivity index (χ3v) is 14.5. The number of aromatic carboxylic acids is 1. The molecule has 61 heavy (non-hydrogen) atoms. The molecule has 0 radical (unpaired) electrons. The number of piperidine rings is 2. The van der Waals surface area contributed by atoms with E-state index < -0.39 is 5.97 Å². The lowest BCUT2D eigenvalue weighted by molar-refractivity contribution is -0.118. The van der Waals surface area contributed by atoms with Crippen molar-refractivity contribution in [3.8, 4) is 0 Å². The number of hydrogen-bond donors (Lipinski definition) is 1. The number of esters is 1. The van der Waals surface area contributed by atoms with Gasteiger partial charge in [-0.25, -0.2) is 9.59 Å². The fourth-order valence-corrected chi connectivity index (χ4v) is 11.3. The van der Waals surface area contributed by atoms with Gasteiger partial charge in [0.2, 0.25) is 0 Å². The number of allylic oxidation sites excluding steroid dienone is 2. The fourth-order valence-electron chi connectivity index (χ4n) is 11.3. The molecule has 4 fully saturated rings. The summed E-state index contributed by atoms with van der Waals surface area (Å²) in [5, 5.41) is 9.48. The van der Waals surface area contributed by atoms with Gasteiger partial charge >= 0.3 is 11.9 Å². The van der Waals surface area contributed by atoms with Gasteiger partial charge in [0, 0.05) is 98.8 Å². The van der Waals surface area contributed by atoms with E-state index in [1.807, 2.05) is 18.2 Å². The highest BCUT2D eigenvalue weighted by molar-refractivity contribution is 5.94. The number of hydrogen-bond acceptors (Lipinski definition) is 9. The number of methoxy groups -OCH3 is 1. The van der Waals surface area contributed by atoms with Gasteiger partial charge in [0.15, 0.2) is 0 Å². The van der Waals surface area contributed by atoms with Gasteiger partial charge in [-0.15, -0.1) is 0 Å². The molecule has 2 aromatic carbocycles. The van der Waals surface area contributed by atoms with Crippen molar-refractivity contribution in [2.75, 3.05) is 43.1 Å². The minimum atomic E-state index is -0.932. The van der Waals surface area contributed by atoms with E-state index in [1.165, 1.54) is 97.0 Å². The number of fused-ring (bicyclic) bond motifs is 2. The van der Waals surface area contributed by atoms with Gasteiger partial charge in [-0.1, -0.05) is 89.5 Å². The predicted octanol–water partition coefficient (Wildman–Crippen LogP) is 9.68. The molecule has 0 atom stereocenters. The number of ether oxygens (including phenoxy) is 1. The van der Waals surface area contributed by atoms with Gasteiger partial charge in [0.05, 0.1) is 18.2 Å². The Bertz CT molecular complexity index is 1890. The highest BCUT2D eigenvalue weighted by Crippen LogP contribution is 2.38. The molecule has 2 saturated heterocycles. The van der Waals surface area contributed by atoms with Crippen LogP contribution in [-0.4, -0.2) is 95.9 Å². The highest BCUT2D eigenvalue weighted by Gasteiger charge is 2.35. The number of nitrogens with zero attached hydrogens (tertiary/aromatic N) is 4. The SMILES string of the molecule is C=C1CC(=O)Cc2ccc(C(=O)O)cc2N1C1CCN(C2CCCCCCC2)CC1.C=C1CC(=O)Cc2ccc(C(=O)OC)cc2N1C1CCN(C2CCCCCCC2)CC1. The maximum Gasteiger partial charge on any atom is 0.337 e. The van der Waals surface area contributed by atoms with E-state index in [1.54, 1.807) is 18.2 Å². The van der Waals surface area contributed by atoms with Crippen LogP contribution in [0.2, 0.25) is 0 Å². The maximum absolute atomic E-state index is 12.5. The number of carboxylic acids is 1. The van der Waals surface area contributed by atoms with Crippen molar-refractivity contribution in [3.63, 3.8) is 0 Å². The lowest BCUT2D eigenvalue weighted by Gasteiger charge is -2.43. The molecule has 1 N–H and O–H groups in total. The molecular formula is C51H70N4O6. The molecule has 0 unspecified atom stereocenters. The van der Waals surface area contributed by atoms with Crippen molar-refractivity contribution in [1.29, 1.82) is 0 Å². The smallest absolute Gasteiger partial charge is 0.337 e. The Morgan fingerprint density at radius 2 is 0.918 bits per heavy atom. The first kappa shape index (κ1) is 44.8. The third kappa shape index (κ3) is 11.2. The van der Waals surface area contributed by atoms with Crippen molar-refractivity contribution in [3.05, 3.63) is 83.2 Å². The van der Waals surface area contributed by atoms with Crippen molar-refractivity contribution in [1.82, 2.24) is 9.80 Å². The number of benzene rings is 2. The molecular weight excluding hydrogens is 765 g/mol. The summed E-state index contributed by atoms with van der Waals surface area (Å²) >= 11 is 0. The highest BCUT2D eigenvalue weighted by atomic mass is 16.5. The zero-order chi connectivity index (χ0) is 42.9. The Morgan fingerprint density at radius 1 is 0.541 bits per heavy atom. The van der Waals surface area contributed by atoms with Crippen LogP contribution in [-0.2, 0) is 27.2 Å². The molecule has 10 heteroatoms. The number of carbonyl (C=O) groups is 4. The first-order valence-electron chi connectivity index (χ1n) is 23.6. The van der Waals surface area contributed by atoms with Crippen molar-refractivity contribution in [2.24, 2.45) is 0 Å². The van der Waals surface area contributed by atoms with Crippen LogP contribution in [0.25, 0.3) is 0 Å². The number of rotatable bonds is 6. The number of ketones is 2. The topological polar surface area (TPSA) is 111 Å². The van der Waals surface area contributed by atoms with Crippen LogP contribution >= 0.6 is 0 Å². The Kier molecular flexibility index (Phi) is 15.6. The lowest BCUT2D eigenvalue weighted by atomic mass is 9.92. The van der Waals surface area contributed by atoms with Crippen molar-refractivity contribution < 1.29 is 29.0 Å². The Balaban J connectivity index is 0.000000184. The number of Topliss-reactive ketones (excluding diaryl/α,β-unsaturated/α-hetero) is 2. The summed E-state index contributed by atoms with van der Waals surface area (Å²) in [7, 11) is 1.40. The Hall–Kier alpha value is -4.28. The Morgan fingerprint density at radius 3 is 1.31 bits per heavy atom. The summed E-state index contributed by atoms with van der Waals surface area (Å²) in [5.74, 6) is -0.939. The van der Waals surface area contributed by atoms with E-state index in [4.69, 9.17) is 4.74 Å². The van der Waals surface area contributed by atoms with Gasteiger partial charge in [-0.05, 0) is 86.8 Å². The van der Waals surface area contributed by atoms with Crippen molar-refractivity contribution in [2.45, 2.75) is 165 Å². The van der Waals surface area contributed by atoms with Gasteiger partial charge in [-0.3, -0.25) is 9.59 Å². The molecule has 8 rings (SSSR count). The largest absolute Gasteiger partial charge is 0.478 e. The third-order valence-electron chi connectivity index (χ3n) is 14.5. The van der Waals surface area contributed by atoms with E-state index in [9.17, 15) is 24.3 Å². The van der Waals surface area contributed by atoms with Gasteiger partial charge < -0.3 is 29.4 Å². The number of likely N-dealkylation sites (tertiary alicyclic amines) is 2. The molecule has 330 valence electrons. The average molecular weight is 835 g/mol. The number of anilines is 2. The summed E-state index contributed by atoms with van der Waals surface area (Å²) < 4.78 is 4.93. The molecule has 10 nitrogen and oxygen atoms in total. The standard InChI is InChI=1S/C26H36N2O3.C25H34N2O3/c1-19-16-24(29)17-20-10-11-21(26(30)31-2)18-25(20)28(19)23-12-14-27(15-13-23)22-8-6-4-3-5-7-9-22;1-18-15-23(28)16-19-9-10-20(25(29)30)17-24(19)27(18)22-11-13-26(14-12-22)21-7-5-3-2-4-6-8-21/h10-11,18,22-23H,1,3-9,12-17H2,2H3;9-10,17,21-22H,1-8,11-16H2,(H,29,30). The summed E-state index contributed by atoms with van der Waals surface area (Å²) in [5.41, 5.74) is 6.21. The zero-order valence-corrected chi connectivity index (χ0v) is 36.8. The second-order valence-electron chi connectivity index (χ2n) is 18.7. The first-order valence-corrected chi connectivity index (χ1v) is 23.6. The molecule has 0 amide bonds. The van der Waals surface area contributed by atoms with Crippen LogP contribution in [0.3, 0.4) is 0 Å². The summed E-state index contributed by atoms with van der Waals surface area (Å²) in [6.07, 6.45) is 24.7. The summed E-state index contributed by atoms with van der Waals surface area (Å²) in [6.45, 7) is 12.8. The first-order chi connectivity index (χ1) is 29.6. The number of carboxylic acid groups (broad SMARTS) is 1. The van der Waals surface area contributed by atoms with E-state index in [-0.39, 0.29) is 29.1 Å². The van der Waals surface area contributed by atoms with Gasteiger partial charge in [0.1, 0.15) is 11.6 Å². The summed E-state index contributed by atoms with van der Waals surface area (Å²) in [4.78, 5) is 58.5. The predicted molar refractivity (Wildman–Crippen MR) is 242 cm³/mol. The molecule has 0 spiro atoms. The average Bonchev–Trinajstić information content (AvgIpc) is 3.43. The zero-order valence-electron chi connectivity index (χ0n) is 36.8. The minimum Gasteiger partial charge on any atom is -0.478 e. The molecule has 0 bridgehead atoms. The van der Waals surface area contributed by atoms with E-state index in [2.05, 4.69) is 32.8 Å². The second kappa shape index (κ2) is 21.2. The van der Waals surface area contributed by atoms with Crippen molar-refractivity contribution >= 4 is 34.9 Å². The quantitative estimate of drug-likeness (QED) is 0.283. The fraction of sp³-hybridized carbons (Fsp3) is 0.608. The molecule has 2 aromatic rings. The van der Waals surface area contributed by atoms with E-state index >= 15 is 0 Å². The van der Waals surface area contributed by atoms with Crippen LogP contribution in [0.5, 0.6) is 0 Å². The summed E-state index contributed by atoms with van der Waals surface area (Å²) in [6, 6.07) is 12.8. The Labute approximate surface area is 364 Å². The van der Waals surface area contributed by atoms with Crippen LogP contribution in [0.1, 0.15) is 160 Å². The molecule has 6 aliphatic rings. The molecule has 2 aliphatic carbocycles. The van der Waals surface area contributed by atoms with E-state index in [0.29, 0.717) is 43.3 Å². The molecule has 0 aromatic heterocycles. The van der Waals surface area contributed by atoms with Gasteiger partial charge in [0.25, 0.3) is 0 Å².